The van der Waals surface area contributed by atoms with Gasteiger partial charge in [0.15, 0.2) is 5.82 Å². The molecule has 2 aliphatic carbocycles. The molecule has 3 aromatic heterocycles. The van der Waals surface area contributed by atoms with Gasteiger partial charge in [-0.15, -0.1) is 0 Å². The molecule has 6 amide bonds. The van der Waals surface area contributed by atoms with Gasteiger partial charge >= 0.3 is 6.03 Å². The maximum absolute atomic E-state index is 15.3. The Labute approximate surface area is 427 Å². The van der Waals surface area contributed by atoms with E-state index in [2.05, 4.69) is 79.9 Å². The molecule has 8 fully saturated rings. The van der Waals surface area contributed by atoms with E-state index in [0.29, 0.717) is 89.9 Å². The Hall–Kier alpha value is -6.10. The van der Waals surface area contributed by atoms with E-state index >= 15 is 4.79 Å². The van der Waals surface area contributed by atoms with Crippen molar-refractivity contribution in [2.24, 2.45) is 10.8 Å². The van der Waals surface area contributed by atoms with Gasteiger partial charge in [-0.25, -0.2) is 19.7 Å². The summed E-state index contributed by atoms with van der Waals surface area (Å²) in [5.74, 6) is 1.23. The molecule has 1 aromatic carbocycles. The number of carbonyl (C=O) groups is 5. The van der Waals surface area contributed by atoms with E-state index in [9.17, 15) is 19.2 Å². The van der Waals surface area contributed by atoms with Crippen LogP contribution < -0.4 is 20.4 Å². The highest BCUT2D eigenvalue weighted by molar-refractivity contribution is 6.09. The summed E-state index contributed by atoms with van der Waals surface area (Å²) < 4.78 is 2.20. The number of amides is 6. The molecule has 13 rings (SSSR count). The van der Waals surface area contributed by atoms with Crippen molar-refractivity contribution in [2.75, 3.05) is 80.6 Å². The number of piperidine rings is 4. The Morgan fingerprint density at radius 1 is 0.795 bits per heavy atom. The summed E-state index contributed by atoms with van der Waals surface area (Å²) in [5.41, 5.74) is 5.51. The molecular weight excluding hydrogens is 921 g/mol. The second-order valence-corrected chi connectivity index (χ2v) is 24.0. The first-order valence-corrected chi connectivity index (χ1v) is 27.5. The summed E-state index contributed by atoms with van der Waals surface area (Å²) in [7, 11) is 0. The van der Waals surface area contributed by atoms with Gasteiger partial charge in [0, 0.05) is 111 Å². The fourth-order valence-electron chi connectivity index (χ4n) is 14.0. The second kappa shape index (κ2) is 17.5. The number of nitrogens with one attached hydrogen (secondary N) is 2. The summed E-state index contributed by atoms with van der Waals surface area (Å²) >= 11 is 0. The molecule has 17 heteroatoms. The summed E-state index contributed by atoms with van der Waals surface area (Å²) in [6.45, 7) is 13.9. The van der Waals surface area contributed by atoms with E-state index in [-0.39, 0.29) is 53.1 Å². The zero-order valence-corrected chi connectivity index (χ0v) is 42.8. The molecule has 2 spiro atoms. The van der Waals surface area contributed by atoms with E-state index < -0.39 is 10.8 Å². The van der Waals surface area contributed by atoms with E-state index in [4.69, 9.17) is 9.97 Å². The zero-order chi connectivity index (χ0) is 50.0. The molecule has 4 aromatic rings. The number of imidazole rings is 1. The van der Waals surface area contributed by atoms with Gasteiger partial charge in [0.05, 0.1) is 28.9 Å². The number of hydrogen-bond acceptors (Lipinski definition) is 11. The summed E-state index contributed by atoms with van der Waals surface area (Å²) in [6, 6.07) is 14.0. The number of rotatable bonds is 9. The molecule has 1 unspecified atom stereocenters. The summed E-state index contributed by atoms with van der Waals surface area (Å²) in [4.78, 5) is 95.4. The third kappa shape index (κ3) is 7.96. The predicted molar refractivity (Wildman–Crippen MR) is 277 cm³/mol. The van der Waals surface area contributed by atoms with Crippen LogP contribution in [0.25, 0.3) is 22.3 Å². The van der Waals surface area contributed by atoms with Crippen molar-refractivity contribution in [1.29, 1.82) is 0 Å². The van der Waals surface area contributed by atoms with Crippen LogP contribution in [0.1, 0.15) is 127 Å². The van der Waals surface area contributed by atoms with Crippen LogP contribution in [0.3, 0.4) is 0 Å². The Balaban J connectivity index is 0.656. The molecule has 384 valence electrons. The van der Waals surface area contributed by atoms with Gasteiger partial charge in [-0.3, -0.25) is 24.5 Å². The number of imide groups is 1. The molecule has 2 saturated carbocycles. The van der Waals surface area contributed by atoms with Crippen LogP contribution in [0.15, 0.2) is 48.9 Å². The van der Waals surface area contributed by atoms with Gasteiger partial charge < -0.3 is 39.3 Å². The second-order valence-electron chi connectivity index (χ2n) is 24.0. The van der Waals surface area contributed by atoms with Gasteiger partial charge in [-0.2, -0.15) is 0 Å². The third-order valence-corrected chi connectivity index (χ3v) is 18.8. The number of fused-ring (bicyclic) bond motifs is 3. The monoisotopic (exact) mass is 991 g/mol. The van der Waals surface area contributed by atoms with Crippen LogP contribution >= 0.6 is 0 Å². The molecule has 0 radical (unpaired) electrons. The molecule has 7 aliphatic heterocycles. The van der Waals surface area contributed by atoms with Crippen LogP contribution in [0.2, 0.25) is 0 Å². The Morgan fingerprint density at radius 3 is 2.22 bits per heavy atom. The van der Waals surface area contributed by atoms with Crippen LogP contribution in [-0.2, 0) is 24.6 Å². The molecule has 2 N–H and O–H groups in total. The average Bonchev–Trinajstić information content (AvgIpc) is 4.02. The number of anilines is 3. The largest absolute Gasteiger partial charge is 0.366 e. The van der Waals surface area contributed by atoms with Gasteiger partial charge in [0.2, 0.25) is 23.6 Å². The lowest BCUT2D eigenvalue weighted by Crippen LogP contribution is -2.74. The number of urea groups is 1. The number of hydrogen-bond donors (Lipinski definition) is 2. The van der Waals surface area contributed by atoms with Crippen LogP contribution in [0.5, 0.6) is 0 Å². The molecule has 6 saturated heterocycles. The SMILES string of the molecule is CC(C)n1cnc2cc(-c3ccc4c(c3)N(C3CC(N5CCCCC5)C3)C(=O)C43CCN(C(=O)C4(C)CCN(C(=O)N5CC6(C5)CN(c5ccc(C7CCC(=O)NC7=O)cn5)C6)CC4)CC3)nc(NC3CC3)c21. The Bertz CT molecular complexity index is 2870. The number of pyridine rings is 2. The summed E-state index contributed by atoms with van der Waals surface area (Å²) in [6.07, 6.45) is 15.0. The molecule has 73 heavy (non-hydrogen) atoms. The Kier molecular flexibility index (Phi) is 11.2. The Morgan fingerprint density at radius 2 is 1.53 bits per heavy atom. The number of nitrogens with zero attached hydrogens (tertiary/aromatic N) is 10. The summed E-state index contributed by atoms with van der Waals surface area (Å²) in [5, 5.41) is 6.14. The van der Waals surface area contributed by atoms with Crippen molar-refractivity contribution in [3.05, 3.63) is 60.0 Å². The smallest absolute Gasteiger partial charge is 0.320 e. The molecule has 17 nitrogen and oxygen atoms in total. The first-order valence-electron chi connectivity index (χ1n) is 27.5. The van der Waals surface area contributed by atoms with Crippen LogP contribution in [-0.4, -0.2) is 152 Å². The van der Waals surface area contributed by atoms with Gasteiger partial charge in [0.1, 0.15) is 11.3 Å². The highest BCUT2D eigenvalue weighted by atomic mass is 16.2. The van der Waals surface area contributed by atoms with Crippen molar-refractivity contribution in [1.82, 2.24) is 44.4 Å². The lowest BCUT2D eigenvalue weighted by atomic mass is 9.72. The van der Waals surface area contributed by atoms with E-state index in [1.54, 1.807) is 6.20 Å². The normalized spacial score (nSPS) is 26.5. The number of carbonyl (C=O) groups excluding carboxylic acids is 5. The van der Waals surface area contributed by atoms with Crippen molar-refractivity contribution in [3.63, 3.8) is 0 Å². The molecular formula is C56H70N12O5. The number of likely N-dealkylation sites (tertiary alicyclic amines) is 4. The van der Waals surface area contributed by atoms with Gasteiger partial charge in [-0.1, -0.05) is 31.5 Å². The van der Waals surface area contributed by atoms with Crippen molar-refractivity contribution < 1.29 is 24.0 Å². The van der Waals surface area contributed by atoms with Crippen LogP contribution in [0.4, 0.5) is 22.1 Å². The van der Waals surface area contributed by atoms with Crippen molar-refractivity contribution in [3.8, 4) is 11.3 Å². The molecule has 9 aliphatic rings. The minimum absolute atomic E-state index is 0.0543. The van der Waals surface area contributed by atoms with Crippen LogP contribution in [0, 0.1) is 10.8 Å². The first-order chi connectivity index (χ1) is 35.3. The maximum atomic E-state index is 15.3. The fraction of sp³-hybridized carbons (Fsp3) is 0.607. The van der Waals surface area contributed by atoms with E-state index in [1.807, 2.05) is 33.2 Å². The quantitative estimate of drug-likeness (QED) is 0.177. The van der Waals surface area contributed by atoms with Gasteiger partial charge in [-0.05, 0) is 127 Å². The maximum Gasteiger partial charge on any atom is 0.320 e. The van der Waals surface area contributed by atoms with E-state index in [0.717, 1.165) is 103 Å². The lowest BCUT2D eigenvalue weighted by Gasteiger charge is -2.61. The molecule has 0 bridgehead atoms. The van der Waals surface area contributed by atoms with E-state index in [1.165, 1.54) is 19.3 Å². The third-order valence-electron chi connectivity index (χ3n) is 18.8. The first kappa shape index (κ1) is 46.7. The predicted octanol–water partition coefficient (Wildman–Crippen LogP) is 6.44. The van der Waals surface area contributed by atoms with Gasteiger partial charge in [0.25, 0.3) is 0 Å². The van der Waals surface area contributed by atoms with Crippen molar-refractivity contribution in [2.45, 2.75) is 140 Å². The topological polar surface area (TPSA) is 172 Å². The number of aromatic nitrogens is 4. The molecule has 10 heterocycles. The highest BCUT2D eigenvalue weighted by Gasteiger charge is 2.58. The number of benzene rings is 1. The zero-order valence-electron chi connectivity index (χ0n) is 42.8. The minimum Gasteiger partial charge on any atom is -0.366 e. The standard InChI is InChI=1S/C56H70N12O5/c1-35(2)67-34-58-44-28-43(60-49(48(44)67)59-38-9-10-38)36-7-12-42-45(25-36)68(40-26-39(27-40)62-19-5-4-6-20-62)52(72)56(42)17-23-63(24-18-56)51(71)54(3)15-21-64(22-16-54)53(73)66-32-55(33-66)30-65(31-55)46-13-8-37(29-57-46)41-11-14-47(69)61-50(41)70/h7-8,12-13,25,28-29,34-35,38-41H,4-6,9-11,14-24,26-27,30-33H2,1-3H3,(H,59,60)(H,61,69,70). The minimum atomic E-state index is -0.686. The average molecular weight is 991 g/mol. The van der Waals surface area contributed by atoms with Crippen molar-refractivity contribution >= 4 is 58.0 Å². The highest BCUT2D eigenvalue weighted by Crippen LogP contribution is 2.53. The lowest BCUT2D eigenvalue weighted by molar-refractivity contribution is -0.147. The molecule has 1 atom stereocenters. The fourth-order valence-corrected chi connectivity index (χ4v) is 14.0.